The third kappa shape index (κ3) is 4.20. The van der Waals surface area contributed by atoms with Crippen molar-refractivity contribution < 1.29 is 9.53 Å². The van der Waals surface area contributed by atoms with Crippen LogP contribution in [-0.4, -0.2) is 34.2 Å². The van der Waals surface area contributed by atoms with Crippen LogP contribution in [-0.2, 0) is 6.54 Å². The maximum absolute atomic E-state index is 13.9. The summed E-state index contributed by atoms with van der Waals surface area (Å²) in [6, 6.07) is 15.2. The molecule has 1 aromatic heterocycles. The average molecular weight is 420 g/mol. The van der Waals surface area contributed by atoms with Gasteiger partial charge < -0.3 is 9.64 Å². The highest BCUT2D eigenvalue weighted by atomic mass is 16.5. The van der Waals surface area contributed by atoms with Crippen LogP contribution in [0.2, 0.25) is 0 Å². The molecule has 1 amide bonds. The van der Waals surface area contributed by atoms with Crippen LogP contribution in [0.5, 0.6) is 5.75 Å². The molecule has 4 rings (SSSR count). The monoisotopic (exact) mass is 419 g/mol. The molecule has 2 heterocycles. The Morgan fingerprint density at radius 3 is 2.52 bits per heavy atom. The molecule has 1 aliphatic heterocycles. The van der Waals surface area contributed by atoms with Gasteiger partial charge in [-0.2, -0.15) is 5.10 Å². The number of nitrogens with zero attached hydrogens (tertiary/aromatic N) is 3. The molecule has 6 heteroatoms. The van der Waals surface area contributed by atoms with E-state index in [4.69, 9.17) is 4.74 Å². The van der Waals surface area contributed by atoms with Crippen molar-refractivity contribution in [1.82, 2.24) is 14.7 Å². The summed E-state index contributed by atoms with van der Waals surface area (Å²) < 4.78 is 6.74. The molecule has 0 unspecified atom stereocenters. The Hall–Kier alpha value is -3.15. The molecular weight excluding hydrogens is 390 g/mol. The van der Waals surface area contributed by atoms with Gasteiger partial charge in [0.2, 0.25) is 0 Å². The largest absolute Gasteiger partial charge is 0.497 e. The van der Waals surface area contributed by atoms with E-state index < -0.39 is 0 Å². The standard InChI is InChI=1S/C25H29N3O3/c1-3-16-28-24(29)21-10-7-6-9-20(21)23(26-28)25(30)27-17-8-4-5-11-22(27)18-12-14-19(31-2)15-13-18/h6-7,9-10,12-15,22H,3-5,8,11,16-17H2,1-2H3/t22-/m1/s1. The molecule has 1 saturated heterocycles. The summed E-state index contributed by atoms with van der Waals surface area (Å²) in [5.41, 5.74) is 1.32. The first-order valence-corrected chi connectivity index (χ1v) is 11.1. The van der Waals surface area contributed by atoms with E-state index in [-0.39, 0.29) is 17.5 Å². The van der Waals surface area contributed by atoms with Crippen LogP contribution < -0.4 is 10.3 Å². The lowest BCUT2D eigenvalue weighted by molar-refractivity contribution is 0.0674. The lowest BCUT2D eigenvalue weighted by Gasteiger charge is -2.30. The molecular formula is C25H29N3O3. The van der Waals surface area contributed by atoms with Crippen LogP contribution >= 0.6 is 0 Å². The molecule has 0 bridgehead atoms. The second-order valence-electron chi connectivity index (χ2n) is 8.06. The number of aryl methyl sites for hydroxylation is 1. The fraction of sp³-hybridized carbons (Fsp3) is 0.400. The van der Waals surface area contributed by atoms with E-state index in [1.165, 1.54) is 4.68 Å². The molecule has 0 N–H and O–H groups in total. The number of hydrogen-bond donors (Lipinski definition) is 0. The number of likely N-dealkylation sites (tertiary alicyclic amines) is 1. The zero-order valence-electron chi connectivity index (χ0n) is 18.2. The first-order chi connectivity index (χ1) is 15.1. The minimum absolute atomic E-state index is 0.0204. The first kappa shape index (κ1) is 21.1. The molecule has 0 saturated carbocycles. The van der Waals surface area contributed by atoms with E-state index >= 15 is 0 Å². The van der Waals surface area contributed by atoms with Crippen LogP contribution in [0, 0.1) is 0 Å². The molecule has 1 atom stereocenters. The minimum Gasteiger partial charge on any atom is -0.497 e. The van der Waals surface area contributed by atoms with Gasteiger partial charge in [-0.15, -0.1) is 0 Å². The second kappa shape index (κ2) is 9.33. The maximum Gasteiger partial charge on any atom is 0.275 e. The summed E-state index contributed by atoms with van der Waals surface area (Å²) in [5, 5.41) is 5.72. The molecule has 1 fully saturated rings. The summed E-state index contributed by atoms with van der Waals surface area (Å²) in [6.45, 7) is 3.17. The molecule has 0 aliphatic carbocycles. The Morgan fingerprint density at radius 1 is 1.06 bits per heavy atom. The van der Waals surface area contributed by atoms with E-state index in [0.717, 1.165) is 43.4 Å². The molecule has 0 spiro atoms. The van der Waals surface area contributed by atoms with Gasteiger partial charge in [-0.3, -0.25) is 9.59 Å². The van der Waals surface area contributed by atoms with Gasteiger partial charge in [0.1, 0.15) is 5.75 Å². The quantitative estimate of drug-likeness (QED) is 0.608. The molecule has 6 nitrogen and oxygen atoms in total. The van der Waals surface area contributed by atoms with Gasteiger partial charge in [-0.25, -0.2) is 4.68 Å². The number of amides is 1. The van der Waals surface area contributed by atoms with Gasteiger partial charge in [0.05, 0.1) is 18.5 Å². The SMILES string of the molecule is CCCn1nc(C(=O)N2CCCCC[C@@H]2c2ccc(OC)cc2)c2ccccc2c1=O. The van der Waals surface area contributed by atoms with Gasteiger partial charge in [0.15, 0.2) is 5.69 Å². The van der Waals surface area contributed by atoms with Crippen molar-refractivity contribution in [2.45, 2.75) is 51.6 Å². The number of aromatic nitrogens is 2. The summed E-state index contributed by atoms with van der Waals surface area (Å²) >= 11 is 0. The number of rotatable bonds is 5. The summed E-state index contributed by atoms with van der Waals surface area (Å²) in [6.07, 6.45) is 4.82. The Labute approximate surface area is 182 Å². The van der Waals surface area contributed by atoms with Crippen LogP contribution in [0.4, 0.5) is 0 Å². The van der Waals surface area contributed by atoms with E-state index in [2.05, 4.69) is 5.10 Å². The van der Waals surface area contributed by atoms with Gasteiger partial charge >= 0.3 is 0 Å². The van der Waals surface area contributed by atoms with Crippen LogP contribution in [0.3, 0.4) is 0 Å². The van der Waals surface area contributed by atoms with E-state index in [9.17, 15) is 9.59 Å². The number of ether oxygens (including phenoxy) is 1. The fourth-order valence-electron chi connectivity index (χ4n) is 4.42. The summed E-state index contributed by atoms with van der Waals surface area (Å²) in [4.78, 5) is 28.6. The summed E-state index contributed by atoms with van der Waals surface area (Å²) in [5.74, 6) is 0.693. The highest BCUT2D eigenvalue weighted by Crippen LogP contribution is 2.32. The summed E-state index contributed by atoms with van der Waals surface area (Å²) in [7, 11) is 1.65. The topological polar surface area (TPSA) is 64.4 Å². The number of carbonyl (C=O) groups is 1. The number of benzene rings is 2. The van der Waals surface area contributed by atoms with Crippen molar-refractivity contribution in [1.29, 1.82) is 0 Å². The Kier molecular flexibility index (Phi) is 6.35. The van der Waals surface area contributed by atoms with Crippen molar-refractivity contribution in [3.05, 3.63) is 70.1 Å². The third-order valence-corrected chi connectivity index (χ3v) is 6.02. The van der Waals surface area contributed by atoms with Crippen molar-refractivity contribution in [2.24, 2.45) is 0 Å². The van der Waals surface area contributed by atoms with Crippen LogP contribution in [0.25, 0.3) is 10.8 Å². The third-order valence-electron chi connectivity index (χ3n) is 6.02. The number of hydrogen-bond acceptors (Lipinski definition) is 4. The van der Waals surface area contributed by atoms with Crippen molar-refractivity contribution >= 4 is 16.7 Å². The van der Waals surface area contributed by atoms with E-state index in [1.54, 1.807) is 13.2 Å². The van der Waals surface area contributed by atoms with Gasteiger partial charge in [-0.1, -0.05) is 50.1 Å². The van der Waals surface area contributed by atoms with E-state index in [1.807, 2.05) is 54.3 Å². The molecule has 3 aromatic rings. The molecule has 162 valence electrons. The van der Waals surface area contributed by atoms with Gasteiger partial charge in [0.25, 0.3) is 11.5 Å². The van der Waals surface area contributed by atoms with Gasteiger partial charge in [0, 0.05) is 18.5 Å². The first-order valence-electron chi connectivity index (χ1n) is 11.1. The predicted molar refractivity (Wildman–Crippen MR) is 122 cm³/mol. The molecule has 2 aromatic carbocycles. The second-order valence-corrected chi connectivity index (χ2v) is 8.06. The number of carbonyl (C=O) groups excluding carboxylic acids is 1. The normalized spacial score (nSPS) is 16.8. The maximum atomic E-state index is 13.9. The molecule has 0 radical (unpaired) electrons. The van der Waals surface area contributed by atoms with Crippen LogP contribution in [0.15, 0.2) is 53.3 Å². The van der Waals surface area contributed by atoms with Crippen LogP contribution in [0.1, 0.15) is 61.1 Å². The zero-order valence-corrected chi connectivity index (χ0v) is 18.2. The highest BCUT2D eigenvalue weighted by molar-refractivity contribution is 6.05. The minimum atomic E-state index is -0.142. The number of methoxy groups -OCH3 is 1. The number of fused-ring (bicyclic) bond motifs is 1. The smallest absolute Gasteiger partial charge is 0.275 e. The van der Waals surface area contributed by atoms with Gasteiger partial charge in [-0.05, 0) is 43.0 Å². The Morgan fingerprint density at radius 2 is 1.81 bits per heavy atom. The van der Waals surface area contributed by atoms with Crippen molar-refractivity contribution in [3.63, 3.8) is 0 Å². The predicted octanol–water partition coefficient (Wildman–Crippen LogP) is 4.57. The Balaban J connectivity index is 1.79. The molecule has 31 heavy (non-hydrogen) atoms. The Bertz CT molecular complexity index is 1120. The average Bonchev–Trinajstić information content (AvgIpc) is 3.07. The fourth-order valence-corrected chi connectivity index (χ4v) is 4.42. The lowest BCUT2D eigenvalue weighted by Crippen LogP contribution is -2.37. The van der Waals surface area contributed by atoms with Crippen molar-refractivity contribution in [3.8, 4) is 5.75 Å². The lowest BCUT2D eigenvalue weighted by atomic mass is 10.00. The van der Waals surface area contributed by atoms with Crippen molar-refractivity contribution in [2.75, 3.05) is 13.7 Å². The van der Waals surface area contributed by atoms with E-state index in [0.29, 0.717) is 29.6 Å². The molecule has 1 aliphatic rings. The highest BCUT2D eigenvalue weighted by Gasteiger charge is 2.30. The zero-order chi connectivity index (χ0) is 21.8.